The summed E-state index contributed by atoms with van der Waals surface area (Å²) in [6.07, 6.45) is 11.4. The van der Waals surface area contributed by atoms with Crippen molar-refractivity contribution in [3.8, 4) is 5.82 Å². The second kappa shape index (κ2) is 5.44. The normalized spacial score (nSPS) is 31.5. The number of nitrogen functional groups attached to an aromatic ring is 1. The van der Waals surface area contributed by atoms with Crippen LogP contribution in [0.3, 0.4) is 0 Å². The zero-order chi connectivity index (χ0) is 18.0. The third kappa shape index (κ3) is 2.35. The molecule has 1 aromatic carbocycles. The molecule has 7 rings (SSSR count). The van der Waals surface area contributed by atoms with E-state index in [4.69, 9.17) is 5.73 Å². The molecule has 0 saturated heterocycles. The average molecular weight is 360 g/mol. The molecule has 3 N–H and O–H groups in total. The van der Waals surface area contributed by atoms with Crippen LogP contribution in [0.25, 0.3) is 16.9 Å². The van der Waals surface area contributed by atoms with E-state index in [2.05, 4.69) is 20.3 Å². The number of aromatic nitrogens is 4. The fourth-order valence-corrected chi connectivity index (χ4v) is 6.32. The van der Waals surface area contributed by atoms with Gasteiger partial charge < -0.3 is 11.1 Å². The van der Waals surface area contributed by atoms with Gasteiger partial charge >= 0.3 is 0 Å². The summed E-state index contributed by atoms with van der Waals surface area (Å²) in [7, 11) is 0. The monoisotopic (exact) mass is 360 g/mol. The standard InChI is InChI=1S/C21H24N6/c22-18-19(26-21-8-13-5-14(9-21)7-15(6-13)10-21)23-11-24-20(18)27-12-25-16-3-1-2-4-17(16)27/h1-4,11-15H,5-10,22H2,(H,23,24,26). The highest BCUT2D eigenvalue weighted by molar-refractivity contribution is 5.80. The highest BCUT2D eigenvalue weighted by atomic mass is 15.2. The molecule has 6 nitrogen and oxygen atoms in total. The Kier molecular flexibility index (Phi) is 3.11. The van der Waals surface area contributed by atoms with E-state index >= 15 is 0 Å². The molecule has 138 valence electrons. The van der Waals surface area contributed by atoms with Gasteiger partial charge in [-0.25, -0.2) is 15.0 Å². The number of nitrogens with two attached hydrogens (primary N) is 1. The molecule has 27 heavy (non-hydrogen) atoms. The van der Waals surface area contributed by atoms with E-state index in [1.165, 1.54) is 38.5 Å². The van der Waals surface area contributed by atoms with Crippen molar-refractivity contribution < 1.29 is 0 Å². The van der Waals surface area contributed by atoms with Crippen molar-refractivity contribution >= 4 is 22.5 Å². The first-order valence-corrected chi connectivity index (χ1v) is 10.0. The Balaban J connectivity index is 1.39. The number of anilines is 2. The number of hydrogen-bond acceptors (Lipinski definition) is 5. The third-order valence-corrected chi connectivity index (χ3v) is 6.97. The molecule has 2 heterocycles. The zero-order valence-corrected chi connectivity index (χ0v) is 15.3. The van der Waals surface area contributed by atoms with E-state index < -0.39 is 0 Å². The van der Waals surface area contributed by atoms with Gasteiger partial charge in [0, 0.05) is 5.54 Å². The summed E-state index contributed by atoms with van der Waals surface area (Å²) in [5, 5.41) is 3.80. The lowest BCUT2D eigenvalue weighted by molar-refractivity contribution is 0.0106. The quantitative estimate of drug-likeness (QED) is 0.743. The van der Waals surface area contributed by atoms with Crippen molar-refractivity contribution in [3.05, 3.63) is 36.9 Å². The van der Waals surface area contributed by atoms with Gasteiger partial charge in [-0.15, -0.1) is 0 Å². The zero-order valence-electron chi connectivity index (χ0n) is 15.3. The largest absolute Gasteiger partial charge is 0.393 e. The van der Waals surface area contributed by atoms with Crippen LogP contribution in [0.5, 0.6) is 0 Å². The van der Waals surface area contributed by atoms with E-state index in [1.54, 1.807) is 12.7 Å². The molecule has 0 spiro atoms. The molecule has 4 saturated carbocycles. The third-order valence-electron chi connectivity index (χ3n) is 6.97. The number of nitrogens with zero attached hydrogens (tertiary/aromatic N) is 4. The van der Waals surface area contributed by atoms with Crippen LogP contribution >= 0.6 is 0 Å². The van der Waals surface area contributed by atoms with Crippen molar-refractivity contribution in [1.29, 1.82) is 0 Å². The Labute approximate surface area is 158 Å². The van der Waals surface area contributed by atoms with Gasteiger partial charge in [0.1, 0.15) is 18.3 Å². The summed E-state index contributed by atoms with van der Waals surface area (Å²) < 4.78 is 1.96. The van der Waals surface area contributed by atoms with Gasteiger partial charge in [-0.3, -0.25) is 4.57 Å². The molecule has 0 aliphatic heterocycles. The van der Waals surface area contributed by atoms with E-state index in [0.29, 0.717) is 11.5 Å². The van der Waals surface area contributed by atoms with Crippen LogP contribution < -0.4 is 11.1 Å². The van der Waals surface area contributed by atoms with Crippen molar-refractivity contribution in [2.75, 3.05) is 11.1 Å². The molecule has 0 radical (unpaired) electrons. The van der Waals surface area contributed by atoms with E-state index in [-0.39, 0.29) is 5.54 Å². The highest BCUT2D eigenvalue weighted by Gasteiger charge is 2.51. The van der Waals surface area contributed by atoms with Crippen molar-refractivity contribution in [3.63, 3.8) is 0 Å². The van der Waals surface area contributed by atoms with Crippen molar-refractivity contribution in [1.82, 2.24) is 19.5 Å². The summed E-state index contributed by atoms with van der Waals surface area (Å²) in [4.78, 5) is 13.5. The summed E-state index contributed by atoms with van der Waals surface area (Å²) in [6.45, 7) is 0. The molecule has 4 aliphatic carbocycles. The minimum Gasteiger partial charge on any atom is -0.393 e. The Morgan fingerprint density at radius 2 is 1.67 bits per heavy atom. The number of nitrogens with one attached hydrogen (secondary N) is 1. The van der Waals surface area contributed by atoms with Gasteiger partial charge in [0.15, 0.2) is 11.6 Å². The van der Waals surface area contributed by atoms with Gasteiger partial charge in [0.25, 0.3) is 0 Å². The van der Waals surface area contributed by atoms with E-state index in [1.807, 2.05) is 28.8 Å². The Morgan fingerprint density at radius 1 is 0.963 bits per heavy atom. The molecule has 0 amide bonds. The van der Waals surface area contributed by atoms with Gasteiger partial charge in [0.2, 0.25) is 0 Å². The van der Waals surface area contributed by atoms with Crippen LogP contribution in [0.2, 0.25) is 0 Å². The van der Waals surface area contributed by atoms with Gasteiger partial charge in [-0.05, 0) is 68.4 Å². The Hall–Kier alpha value is -2.63. The van der Waals surface area contributed by atoms with E-state index in [0.717, 1.165) is 34.6 Å². The summed E-state index contributed by atoms with van der Waals surface area (Å²) in [6, 6.07) is 8.03. The van der Waals surface area contributed by atoms with Crippen molar-refractivity contribution in [2.45, 2.75) is 44.1 Å². The molecule has 2 aromatic heterocycles. The fraction of sp³-hybridized carbons (Fsp3) is 0.476. The second-order valence-corrected chi connectivity index (χ2v) is 8.89. The molecule has 0 unspecified atom stereocenters. The lowest BCUT2D eigenvalue weighted by Gasteiger charge is -2.57. The van der Waals surface area contributed by atoms with Gasteiger partial charge in [-0.1, -0.05) is 12.1 Å². The number of hydrogen-bond donors (Lipinski definition) is 2. The fourth-order valence-electron chi connectivity index (χ4n) is 6.32. The predicted octanol–water partition coefficient (Wildman–Crippen LogP) is 3.78. The van der Waals surface area contributed by atoms with Gasteiger partial charge in [0.05, 0.1) is 11.0 Å². The van der Waals surface area contributed by atoms with Gasteiger partial charge in [-0.2, -0.15) is 0 Å². The predicted molar refractivity (Wildman–Crippen MR) is 106 cm³/mol. The van der Waals surface area contributed by atoms with Crippen LogP contribution in [0.1, 0.15) is 38.5 Å². The number of para-hydroxylation sites is 2. The smallest absolute Gasteiger partial charge is 0.167 e. The molecule has 4 fully saturated rings. The van der Waals surface area contributed by atoms with Crippen LogP contribution in [-0.4, -0.2) is 25.1 Å². The topological polar surface area (TPSA) is 81.6 Å². The maximum Gasteiger partial charge on any atom is 0.167 e. The van der Waals surface area contributed by atoms with Crippen LogP contribution in [0.4, 0.5) is 11.5 Å². The van der Waals surface area contributed by atoms with Crippen LogP contribution in [0.15, 0.2) is 36.9 Å². The molecular formula is C21H24N6. The van der Waals surface area contributed by atoms with Crippen LogP contribution in [-0.2, 0) is 0 Å². The molecular weight excluding hydrogens is 336 g/mol. The number of imidazole rings is 1. The Morgan fingerprint density at radius 3 is 2.41 bits per heavy atom. The maximum atomic E-state index is 6.56. The molecule has 0 atom stereocenters. The van der Waals surface area contributed by atoms with Crippen LogP contribution in [0, 0.1) is 17.8 Å². The molecule has 4 aliphatic rings. The minimum absolute atomic E-state index is 0.172. The second-order valence-electron chi connectivity index (χ2n) is 8.89. The summed E-state index contributed by atoms with van der Waals surface area (Å²) in [5.74, 6) is 4.11. The number of rotatable bonds is 3. The first-order chi connectivity index (χ1) is 13.2. The molecule has 3 aromatic rings. The first-order valence-electron chi connectivity index (χ1n) is 10.0. The number of benzene rings is 1. The number of fused-ring (bicyclic) bond motifs is 1. The maximum absolute atomic E-state index is 6.56. The SMILES string of the molecule is Nc1c(NC23CC4CC(CC(C4)C2)C3)ncnc1-n1cnc2ccccc21. The lowest BCUT2D eigenvalue weighted by Crippen LogP contribution is -2.55. The summed E-state index contributed by atoms with van der Waals surface area (Å²) in [5.41, 5.74) is 9.28. The lowest BCUT2D eigenvalue weighted by atomic mass is 9.53. The Bertz CT molecular complexity index is 987. The average Bonchev–Trinajstić information content (AvgIpc) is 3.06. The van der Waals surface area contributed by atoms with Crippen molar-refractivity contribution in [2.24, 2.45) is 17.8 Å². The summed E-state index contributed by atoms with van der Waals surface area (Å²) >= 11 is 0. The molecule has 6 heteroatoms. The first kappa shape index (κ1) is 15.4. The molecule has 4 bridgehead atoms. The van der Waals surface area contributed by atoms with E-state index in [9.17, 15) is 0 Å². The minimum atomic E-state index is 0.172. The highest BCUT2D eigenvalue weighted by Crippen LogP contribution is 2.56.